The zero-order chi connectivity index (χ0) is 19.8. The zero-order valence-electron chi connectivity index (χ0n) is 15.1. The lowest BCUT2D eigenvalue weighted by Gasteiger charge is -2.03. The molecular weight excluding hydrogens is 391 g/mol. The molecule has 1 aromatic carbocycles. The van der Waals surface area contributed by atoms with Gasteiger partial charge in [0.15, 0.2) is 0 Å². The van der Waals surface area contributed by atoms with E-state index in [1.54, 1.807) is 68.0 Å². The molecule has 29 heavy (non-hydrogen) atoms. The fourth-order valence-electron chi connectivity index (χ4n) is 3.16. The first-order valence-electron chi connectivity index (χ1n) is 8.92. The fraction of sp³-hybridized carbons (Fsp3) is 0.100. The SMILES string of the molecule is O=c1c2cc(-c3cccs3)nn2ccn1Cc1cn(Cc2ccccc2F)nn1. The van der Waals surface area contributed by atoms with Crippen LogP contribution in [0, 0.1) is 5.82 Å². The summed E-state index contributed by atoms with van der Waals surface area (Å²) in [7, 11) is 0. The predicted octanol–water partition coefficient (Wildman–Crippen LogP) is 3.05. The van der Waals surface area contributed by atoms with Gasteiger partial charge in [-0.1, -0.05) is 29.5 Å². The van der Waals surface area contributed by atoms with E-state index in [0.717, 1.165) is 10.6 Å². The molecule has 0 saturated carbocycles. The van der Waals surface area contributed by atoms with Gasteiger partial charge in [0.05, 0.1) is 24.2 Å². The van der Waals surface area contributed by atoms with Crippen molar-refractivity contribution in [1.82, 2.24) is 29.2 Å². The summed E-state index contributed by atoms with van der Waals surface area (Å²) >= 11 is 1.58. The van der Waals surface area contributed by atoms with Gasteiger partial charge in [0.1, 0.15) is 22.7 Å². The highest BCUT2D eigenvalue weighted by Crippen LogP contribution is 2.23. The second-order valence-electron chi connectivity index (χ2n) is 6.57. The van der Waals surface area contributed by atoms with Gasteiger partial charge in [-0.25, -0.2) is 13.6 Å². The van der Waals surface area contributed by atoms with Crippen LogP contribution < -0.4 is 5.56 Å². The highest BCUT2D eigenvalue weighted by molar-refractivity contribution is 7.13. The molecule has 5 aromatic rings. The summed E-state index contributed by atoms with van der Waals surface area (Å²) in [5.74, 6) is -0.284. The Morgan fingerprint density at radius 3 is 2.79 bits per heavy atom. The molecule has 0 aliphatic carbocycles. The van der Waals surface area contributed by atoms with E-state index < -0.39 is 0 Å². The number of halogens is 1. The average Bonchev–Trinajstić information content (AvgIpc) is 3.46. The van der Waals surface area contributed by atoms with E-state index >= 15 is 0 Å². The van der Waals surface area contributed by atoms with Crippen LogP contribution in [0.2, 0.25) is 0 Å². The third-order valence-electron chi connectivity index (χ3n) is 4.59. The molecule has 0 radical (unpaired) electrons. The maximum absolute atomic E-state index is 13.8. The van der Waals surface area contributed by atoms with Crippen LogP contribution in [-0.4, -0.2) is 29.2 Å². The van der Waals surface area contributed by atoms with Gasteiger partial charge in [-0.05, 0) is 23.6 Å². The minimum absolute atomic E-state index is 0.161. The molecule has 4 aromatic heterocycles. The van der Waals surface area contributed by atoms with Crippen molar-refractivity contribution in [2.75, 3.05) is 0 Å². The third-order valence-corrected chi connectivity index (χ3v) is 5.48. The lowest BCUT2D eigenvalue weighted by atomic mass is 10.2. The van der Waals surface area contributed by atoms with Gasteiger partial charge in [0.2, 0.25) is 0 Å². The molecule has 0 N–H and O–H groups in total. The molecule has 0 unspecified atom stereocenters. The maximum atomic E-state index is 13.8. The molecule has 9 heteroatoms. The number of aromatic nitrogens is 6. The van der Waals surface area contributed by atoms with Crippen LogP contribution in [0.3, 0.4) is 0 Å². The third kappa shape index (κ3) is 3.36. The highest BCUT2D eigenvalue weighted by Gasteiger charge is 2.11. The Kier molecular flexibility index (Phi) is 4.28. The average molecular weight is 406 g/mol. The topological polar surface area (TPSA) is 70.0 Å². The van der Waals surface area contributed by atoms with E-state index in [9.17, 15) is 9.18 Å². The van der Waals surface area contributed by atoms with Crippen LogP contribution in [0.4, 0.5) is 4.39 Å². The second-order valence-corrected chi connectivity index (χ2v) is 7.51. The molecule has 0 bridgehead atoms. The summed E-state index contributed by atoms with van der Waals surface area (Å²) < 4.78 is 18.5. The van der Waals surface area contributed by atoms with Crippen molar-refractivity contribution < 1.29 is 4.39 Å². The number of hydrogen-bond donors (Lipinski definition) is 0. The Hall–Kier alpha value is -3.59. The van der Waals surface area contributed by atoms with Gasteiger partial charge in [-0.2, -0.15) is 5.10 Å². The van der Waals surface area contributed by atoms with Crippen LogP contribution in [0.15, 0.2) is 71.2 Å². The first-order valence-corrected chi connectivity index (χ1v) is 9.80. The smallest absolute Gasteiger partial charge is 0.276 e. The van der Waals surface area contributed by atoms with Gasteiger partial charge in [0, 0.05) is 18.0 Å². The standard InChI is InChI=1S/C20H15FN6OS/c21-16-5-2-1-4-14(16)11-26-13-15(22-24-26)12-25-7-8-27-18(20(25)28)10-17(23-27)19-6-3-9-29-19/h1-10,13H,11-12H2. The van der Waals surface area contributed by atoms with Crippen LogP contribution in [0.1, 0.15) is 11.3 Å². The van der Waals surface area contributed by atoms with Gasteiger partial charge in [-0.15, -0.1) is 16.4 Å². The van der Waals surface area contributed by atoms with Crippen LogP contribution in [0.5, 0.6) is 0 Å². The normalized spacial score (nSPS) is 11.3. The second kappa shape index (κ2) is 7.10. The van der Waals surface area contributed by atoms with E-state index in [2.05, 4.69) is 15.4 Å². The van der Waals surface area contributed by atoms with Crippen LogP contribution in [-0.2, 0) is 13.1 Å². The van der Waals surface area contributed by atoms with Crippen LogP contribution >= 0.6 is 11.3 Å². The largest absolute Gasteiger partial charge is 0.306 e. The molecule has 0 aliphatic rings. The highest BCUT2D eigenvalue weighted by atomic mass is 32.1. The number of thiophene rings is 1. The van der Waals surface area contributed by atoms with Crippen molar-refractivity contribution in [2.24, 2.45) is 0 Å². The molecule has 144 valence electrons. The molecule has 5 rings (SSSR count). The molecule has 7 nitrogen and oxygen atoms in total. The van der Waals surface area contributed by atoms with Crippen molar-refractivity contribution in [2.45, 2.75) is 13.1 Å². The number of fused-ring (bicyclic) bond motifs is 1. The fourth-order valence-corrected chi connectivity index (χ4v) is 3.84. The quantitative estimate of drug-likeness (QED) is 0.450. The minimum atomic E-state index is -0.284. The lowest BCUT2D eigenvalue weighted by molar-refractivity contribution is 0.577. The van der Waals surface area contributed by atoms with Gasteiger partial charge < -0.3 is 4.57 Å². The Morgan fingerprint density at radius 1 is 1.07 bits per heavy atom. The monoisotopic (exact) mass is 406 g/mol. The van der Waals surface area contributed by atoms with Crippen molar-refractivity contribution >= 4 is 16.9 Å². The number of benzene rings is 1. The number of hydrogen-bond acceptors (Lipinski definition) is 5. The molecular formula is C20H15FN6OS. The van der Waals surface area contributed by atoms with E-state index in [1.165, 1.54) is 6.07 Å². The molecule has 0 amide bonds. The Labute approximate surface area is 168 Å². The first-order chi connectivity index (χ1) is 14.2. The van der Waals surface area contributed by atoms with Gasteiger partial charge >= 0.3 is 0 Å². The molecule has 0 fully saturated rings. The van der Waals surface area contributed by atoms with Crippen molar-refractivity contribution in [3.63, 3.8) is 0 Å². The van der Waals surface area contributed by atoms with Crippen LogP contribution in [0.25, 0.3) is 16.1 Å². The molecule has 0 atom stereocenters. The predicted molar refractivity (Wildman–Crippen MR) is 107 cm³/mol. The van der Waals surface area contributed by atoms with E-state index in [1.807, 2.05) is 17.5 Å². The van der Waals surface area contributed by atoms with Crippen molar-refractivity contribution in [3.05, 3.63) is 93.9 Å². The zero-order valence-corrected chi connectivity index (χ0v) is 16.0. The summed E-state index contributed by atoms with van der Waals surface area (Å²) in [6.45, 7) is 0.548. The summed E-state index contributed by atoms with van der Waals surface area (Å²) in [5.41, 5.74) is 2.25. The Morgan fingerprint density at radius 2 is 1.97 bits per heavy atom. The Bertz CT molecular complexity index is 1350. The van der Waals surface area contributed by atoms with E-state index in [-0.39, 0.29) is 24.5 Å². The Balaban J connectivity index is 1.41. The number of rotatable bonds is 5. The molecule has 0 spiro atoms. The van der Waals surface area contributed by atoms with Gasteiger partial charge in [-0.3, -0.25) is 4.79 Å². The van der Waals surface area contributed by atoms with Crippen molar-refractivity contribution in [1.29, 1.82) is 0 Å². The number of nitrogens with zero attached hydrogens (tertiary/aromatic N) is 6. The summed E-state index contributed by atoms with van der Waals surface area (Å²) in [6.07, 6.45) is 5.14. The minimum Gasteiger partial charge on any atom is -0.306 e. The maximum Gasteiger partial charge on any atom is 0.276 e. The summed E-state index contributed by atoms with van der Waals surface area (Å²) in [5, 5.41) is 14.6. The summed E-state index contributed by atoms with van der Waals surface area (Å²) in [4.78, 5) is 13.9. The molecule has 0 saturated heterocycles. The lowest BCUT2D eigenvalue weighted by Crippen LogP contribution is -2.21. The molecule has 4 heterocycles. The van der Waals surface area contributed by atoms with E-state index in [0.29, 0.717) is 16.8 Å². The van der Waals surface area contributed by atoms with Crippen molar-refractivity contribution in [3.8, 4) is 10.6 Å². The summed E-state index contributed by atoms with van der Waals surface area (Å²) in [6, 6.07) is 12.3. The molecule has 0 aliphatic heterocycles. The van der Waals surface area contributed by atoms with Gasteiger partial charge in [0.25, 0.3) is 5.56 Å². The van der Waals surface area contributed by atoms with E-state index in [4.69, 9.17) is 0 Å². The first kappa shape index (κ1) is 17.5.